The number of halogens is 7. The highest BCUT2D eigenvalue weighted by molar-refractivity contribution is 5.34. The molecule has 0 spiro atoms. The molecule has 0 aromatic heterocycles. The van der Waals surface area contributed by atoms with Crippen molar-refractivity contribution in [3.63, 3.8) is 0 Å². The third-order valence-electron chi connectivity index (χ3n) is 2.02. The van der Waals surface area contributed by atoms with Crippen LogP contribution >= 0.6 is 0 Å². The van der Waals surface area contributed by atoms with E-state index < -0.39 is 35.3 Å². The van der Waals surface area contributed by atoms with Gasteiger partial charge in [0.2, 0.25) is 0 Å². The molecule has 0 saturated heterocycles. The van der Waals surface area contributed by atoms with Crippen molar-refractivity contribution >= 4 is 0 Å². The van der Waals surface area contributed by atoms with Crippen molar-refractivity contribution in [2.45, 2.75) is 18.4 Å². The molecule has 96 valence electrons. The van der Waals surface area contributed by atoms with Crippen LogP contribution in [0, 0.1) is 5.82 Å². The predicted molar refractivity (Wildman–Crippen MR) is 44.4 cm³/mol. The maximum atomic E-state index is 13.0. The van der Waals surface area contributed by atoms with Gasteiger partial charge in [0.25, 0.3) is 0 Å². The number of hydrogen-bond acceptors (Lipinski definition) is 1. The average Bonchev–Trinajstić information content (AvgIpc) is 2.12. The van der Waals surface area contributed by atoms with E-state index in [2.05, 4.69) is 5.73 Å². The van der Waals surface area contributed by atoms with Crippen LogP contribution < -0.4 is 5.73 Å². The molecule has 1 rings (SSSR count). The molecule has 0 aliphatic heterocycles. The minimum Gasteiger partial charge on any atom is -0.316 e. The average molecular weight is 261 g/mol. The van der Waals surface area contributed by atoms with Crippen LogP contribution in [-0.4, -0.2) is 6.18 Å². The zero-order valence-corrected chi connectivity index (χ0v) is 8.03. The van der Waals surface area contributed by atoms with Gasteiger partial charge in [-0.25, -0.2) is 4.39 Å². The molecule has 1 atom stereocenters. The van der Waals surface area contributed by atoms with Crippen molar-refractivity contribution in [2.24, 2.45) is 5.73 Å². The van der Waals surface area contributed by atoms with E-state index in [1.165, 1.54) is 0 Å². The number of rotatable bonds is 1. The van der Waals surface area contributed by atoms with Crippen LogP contribution in [0.3, 0.4) is 0 Å². The Morgan fingerprint density at radius 3 is 1.94 bits per heavy atom. The van der Waals surface area contributed by atoms with Gasteiger partial charge in [0.15, 0.2) is 0 Å². The maximum Gasteiger partial charge on any atom is 0.419 e. The van der Waals surface area contributed by atoms with Crippen LogP contribution in [0.15, 0.2) is 18.2 Å². The lowest BCUT2D eigenvalue weighted by molar-refractivity contribution is -0.156. The normalized spacial score (nSPS) is 14.8. The Kier molecular flexibility index (Phi) is 3.37. The summed E-state index contributed by atoms with van der Waals surface area (Å²) >= 11 is 0. The first-order valence-corrected chi connectivity index (χ1v) is 4.23. The van der Waals surface area contributed by atoms with Crippen molar-refractivity contribution in [3.8, 4) is 0 Å². The van der Waals surface area contributed by atoms with Gasteiger partial charge in [0.05, 0.1) is 5.56 Å². The van der Waals surface area contributed by atoms with Crippen molar-refractivity contribution in [2.75, 3.05) is 0 Å². The highest BCUT2D eigenvalue weighted by atomic mass is 19.4. The molecular formula is C9H6F7N. The molecule has 0 fully saturated rings. The maximum absolute atomic E-state index is 13.0. The Balaban J connectivity index is 3.40. The Hall–Kier alpha value is -1.31. The summed E-state index contributed by atoms with van der Waals surface area (Å²) in [6.45, 7) is 0. The Morgan fingerprint density at radius 2 is 1.53 bits per heavy atom. The standard InChI is InChI=1S/C9H6F7N/c10-5-3-1-2-4(6(5)8(11,12)13)7(17)9(14,15)16/h1-3,7H,17H2/t7-/m0/s1. The molecule has 1 nitrogen and oxygen atoms in total. The second-order valence-electron chi connectivity index (χ2n) is 3.22. The molecule has 0 saturated carbocycles. The molecular weight excluding hydrogens is 255 g/mol. The van der Waals surface area contributed by atoms with Gasteiger partial charge in [0, 0.05) is 0 Å². The second-order valence-corrected chi connectivity index (χ2v) is 3.22. The number of hydrogen-bond donors (Lipinski definition) is 1. The predicted octanol–water partition coefficient (Wildman–Crippen LogP) is 3.41. The summed E-state index contributed by atoms with van der Waals surface area (Å²) in [4.78, 5) is 0. The monoisotopic (exact) mass is 261 g/mol. The summed E-state index contributed by atoms with van der Waals surface area (Å²) in [6.07, 6.45) is -10.3. The third kappa shape index (κ3) is 2.87. The fourth-order valence-electron chi connectivity index (χ4n) is 1.28. The number of nitrogens with two attached hydrogens (primary N) is 1. The smallest absolute Gasteiger partial charge is 0.316 e. The van der Waals surface area contributed by atoms with Crippen LogP contribution in [0.25, 0.3) is 0 Å². The molecule has 0 unspecified atom stereocenters. The van der Waals surface area contributed by atoms with Gasteiger partial charge in [-0.2, -0.15) is 26.3 Å². The van der Waals surface area contributed by atoms with Crippen LogP contribution in [0.5, 0.6) is 0 Å². The van der Waals surface area contributed by atoms with Crippen molar-refractivity contribution in [1.29, 1.82) is 0 Å². The lowest BCUT2D eigenvalue weighted by atomic mass is 9.99. The molecule has 0 aliphatic rings. The van der Waals surface area contributed by atoms with E-state index in [0.717, 1.165) is 6.07 Å². The molecule has 0 bridgehead atoms. The molecule has 0 heterocycles. The topological polar surface area (TPSA) is 26.0 Å². The first-order chi connectivity index (χ1) is 7.55. The SMILES string of the molecule is N[C@@H](c1cccc(F)c1C(F)(F)F)C(F)(F)F. The summed E-state index contributed by atoms with van der Waals surface area (Å²) in [5, 5.41) is 0. The summed E-state index contributed by atoms with van der Waals surface area (Å²) in [6, 6.07) is -1.21. The quantitative estimate of drug-likeness (QED) is 0.770. The van der Waals surface area contributed by atoms with Gasteiger partial charge < -0.3 is 5.73 Å². The van der Waals surface area contributed by atoms with E-state index in [4.69, 9.17) is 0 Å². The van der Waals surface area contributed by atoms with Gasteiger partial charge >= 0.3 is 12.4 Å². The first-order valence-electron chi connectivity index (χ1n) is 4.23. The largest absolute Gasteiger partial charge is 0.419 e. The minimum atomic E-state index is -5.23. The summed E-state index contributed by atoms with van der Waals surface area (Å²) in [5.41, 5.74) is 1.34. The Morgan fingerprint density at radius 1 is 1.00 bits per heavy atom. The summed E-state index contributed by atoms with van der Waals surface area (Å²) < 4.78 is 86.8. The zero-order chi connectivity index (χ0) is 13.4. The van der Waals surface area contributed by atoms with Gasteiger partial charge in [-0.3, -0.25) is 0 Å². The van der Waals surface area contributed by atoms with Crippen LogP contribution in [-0.2, 0) is 6.18 Å². The molecule has 1 aromatic carbocycles. The van der Waals surface area contributed by atoms with Crippen molar-refractivity contribution < 1.29 is 30.7 Å². The van der Waals surface area contributed by atoms with Gasteiger partial charge in [-0.15, -0.1) is 0 Å². The number of benzene rings is 1. The van der Waals surface area contributed by atoms with Crippen molar-refractivity contribution in [3.05, 3.63) is 35.1 Å². The summed E-state index contributed by atoms with van der Waals surface area (Å²) in [5.74, 6) is -1.78. The number of alkyl halides is 6. The molecule has 0 aliphatic carbocycles. The van der Waals surface area contributed by atoms with E-state index in [9.17, 15) is 30.7 Å². The van der Waals surface area contributed by atoms with Crippen LogP contribution in [0.2, 0.25) is 0 Å². The third-order valence-corrected chi connectivity index (χ3v) is 2.02. The summed E-state index contributed by atoms with van der Waals surface area (Å²) in [7, 11) is 0. The Bertz CT molecular complexity index is 407. The molecule has 0 amide bonds. The lowest BCUT2D eigenvalue weighted by Crippen LogP contribution is -2.31. The van der Waals surface area contributed by atoms with Gasteiger partial charge in [-0.05, 0) is 11.6 Å². The molecule has 1 aromatic rings. The van der Waals surface area contributed by atoms with E-state index >= 15 is 0 Å². The lowest BCUT2D eigenvalue weighted by Gasteiger charge is -2.20. The molecule has 8 heteroatoms. The van der Waals surface area contributed by atoms with Crippen LogP contribution in [0.1, 0.15) is 17.2 Å². The highest BCUT2D eigenvalue weighted by Gasteiger charge is 2.45. The fraction of sp³-hybridized carbons (Fsp3) is 0.333. The molecule has 0 radical (unpaired) electrons. The molecule has 17 heavy (non-hydrogen) atoms. The van der Waals surface area contributed by atoms with E-state index in [-0.39, 0.29) is 0 Å². The van der Waals surface area contributed by atoms with Gasteiger partial charge in [0.1, 0.15) is 11.9 Å². The van der Waals surface area contributed by atoms with Gasteiger partial charge in [-0.1, -0.05) is 12.1 Å². The second kappa shape index (κ2) is 4.17. The van der Waals surface area contributed by atoms with Crippen molar-refractivity contribution in [1.82, 2.24) is 0 Å². The fourth-order valence-corrected chi connectivity index (χ4v) is 1.28. The first kappa shape index (κ1) is 13.8. The molecule has 2 N–H and O–H groups in total. The van der Waals surface area contributed by atoms with E-state index in [1.54, 1.807) is 0 Å². The zero-order valence-electron chi connectivity index (χ0n) is 8.03. The highest BCUT2D eigenvalue weighted by Crippen LogP contribution is 2.40. The minimum absolute atomic E-state index is 0.426. The van der Waals surface area contributed by atoms with E-state index in [0.29, 0.717) is 12.1 Å². The van der Waals surface area contributed by atoms with Crippen LogP contribution in [0.4, 0.5) is 30.7 Å². The Labute approximate surface area is 91.0 Å². The van der Waals surface area contributed by atoms with E-state index in [1.807, 2.05) is 0 Å².